The lowest BCUT2D eigenvalue weighted by atomic mass is 10.0. The number of hydrogen-bond acceptors (Lipinski definition) is 5. The van der Waals surface area contributed by atoms with Crippen LogP contribution >= 0.6 is 0 Å². The Balaban J connectivity index is 2.12. The lowest BCUT2D eigenvalue weighted by molar-refractivity contribution is -0.380. The van der Waals surface area contributed by atoms with Crippen LogP contribution in [0.2, 0.25) is 0 Å². The van der Waals surface area contributed by atoms with Gasteiger partial charge in [-0.3, -0.25) is 4.90 Å². The molecule has 1 fully saturated rings. The largest absolute Gasteiger partial charge is 0.328 e. The Bertz CT molecular complexity index is 364. The first-order chi connectivity index (χ1) is 14.1. The molecule has 0 aliphatic carbocycles. The molecule has 1 heterocycles. The predicted octanol–water partition coefficient (Wildman–Crippen LogP) is 5.29. The van der Waals surface area contributed by atoms with E-state index >= 15 is 0 Å². The van der Waals surface area contributed by atoms with Crippen LogP contribution in [0.4, 0.5) is 0 Å². The summed E-state index contributed by atoms with van der Waals surface area (Å²) in [4.78, 5) is 5.30. The Labute approximate surface area is 181 Å². The van der Waals surface area contributed by atoms with Crippen molar-refractivity contribution in [3.8, 4) is 0 Å². The summed E-state index contributed by atoms with van der Waals surface area (Å²) in [5.74, 6) is -0.824. The van der Waals surface area contributed by atoms with Crippen LogP contribution < -0.4 is 0 Å². The fourth-order valence-corrected chi connectivity index (χ4v) is 4.54. The first-order valence-electron chi connectivity index (χ1n) is 12.5. The zero-order valence-electron chi connectivity index (χ0n) is 20.2. The van der Waals surface area contributed by atoms with Crippen LogP contribution in [0, 0.1) is 0 Å². The molecule has 5 heteroatoms. The average molecular weight is 415 g/mol. The minimum atomic E-state index is -0.824. The van der Waals surface area contributed by atoms with E-state index in [-0.39, 0.29) is 0 Å². The third kappa shape index (κ3) is 10.6. The number of likely N-dealkylation sites (N-methyl/N-ethyl adjacent to an activating group) is 2. The smallest absolute Gasteiger partial charge is 0.282 e. The fourth-order valence-electron chi connectivity index (χ4n) is 4.54. The van der Waals surface area contributed by atoms with E-state index in [2.05, 4.69) is 23.6 Å². The molecule has 1 rings (SSSR count). The van der Waals surface area contributed by atoms with Gasteiger partial charge in [-0.2, -0.15) is 0 Å². The summed E-state index contributed by atoms with van der Waals surface area (Å²) in [6.07, 6.45) is 11.3. The minimum absolute atomic E-state index is 0.618. The van der Waals surface area contributed by atoms with E-state index in [4.69, 9.17) is 14.2 Å². The van der Waals surface area contributed by atoms with Gasteiger partial charge in [0.2, 0.25) is 0 Å². The lowest BCUT2D eigenvalue weighted by Crippen LogP contribution is -2.52. The Kier molecular flexibility index (Phi) is 15.3. The van der Waals surface area contributed by atoms with Crippen LogP contribution in [0.15, 0.2) is 0 Å². The Morgan fingerprint density at radius 3 is 1.76 bits per heavy atom. The number of hydrogen-bond donors (Lipinski definition) is 0. The van der Waals surface area contributed by atoms with Crippen molar-refractivity contribution in [3.05, 3.63) is 0 Å². The van der Waals surface area contributed by atoms with Gasteiger partial charge >= 0.3 is 0 Å². The molecule has 1 saturated heterocycles. The second kappa shape index (κ2) is 16.5. The van der Waals surface area contributed by atoms with Crippen molar-refractivity contribution >= 4 is 0 Å². The van der Waals surface area contributed by atoms with Crippen molar-refractivity contribution in [2.75, 3.05) is 52.5 Å². The van der Waals surface area contributed by atoms with Gasteiger partial charge in [0.25, 0.3) is 5.97 Å². The van der Waals surface area contributed by atoms with Crippen molar-refractivity contribution in [1.29, 1.82) is 0 Å². The molecule has 0 saturated carbocycles. The monoisotopic (exact) mass is 414 g/mol. The summed E-state index contributed by atoms with van der Waals surface area (Å²) >= 11 is 0. The molecular formula is C24H50N2O3. The molecule has 0 amide bonds. The zero-order chi connectivity index (χ0) is 21.4. The highest BCUT2D eigenvalue weighted by molar-refractivity contribution is 4.81. The molecular weight excluding hydrogens is 364 g/mol. The van der Waals surface area contributed by atoms with Crippen molar-refractivity contribution in [2.24, 2.45) is 0 Å². The molecule has 174 valence electrons. The van der Waals surface area contributed by atoms with E-state index < -0.39 is 5.97 Å². The van der Waals surface area contributed by atoms with Gasteiger partial charge in [0.1, 0.15) is 0 Å². The molecule has 5 nitrogen and oxygen atoms in total. The molecule has 0 aromatic carbocycles. The highest BCUT2D eigenvalue weighted by atomic mass is 16.9. The van der Waals surface area contributed by atoms with Crippen LogP contribution in [0.25, 0.3) is 0 Å². The maximum atomic E-state index is 5.81. The van der Waals surface area contributed by atoms with Crippen LogP contribution in [-0.2, 0) is 14.2 Å². The fraction of sp³-hybridized carbons (Fsp3) is 1.00. The van der Waals surface area contributed by atoms with Gasteiger partial charge in [0, 0.05) is 51.9 Å². The van der Waals surface area contributed by atoms with E-state index in [0.29, 0.717) is 19.8 Å². The highest BCUT2D eigenvalue weighted by Crippen LogP contribution is 2.24. The number of piperazine rings is 1. The van der Waals surface area contributed by atoms with E-state index in [9.17, 15) is 0 Å². The van der Waals surface area contributed by atoms with Crippen LogP contribution in [0.5, 0.6) is 0 Å². The molecule has 1 aliphatic rings. The SMILES string of the molecule is CCOC(CCCCCCCCCC1CN(CC)CCN1CC)(OCC)OCC. The standard InChI is InChI=1S/C24H50N2O3/c1-6-25-20-21-26(7-2)23(22-25)18-16-14-12-11-13-15-17-19-24(27-8-3,28-9-4)29-10-5/h23H,6-22H2,1-5H3. The first-order valence-corrected chi connectivity index (χ1v) is 12.5. The van der Waals surface area contributed by atoms with Crippen molar-refractivity contribution in [2.45, 2.75) is 104 Å². The summed E-state index contributed by atoms with van der Waals surface area (Å²) in [7, 11) is 0. The number of ether oxygens (including phenoxy) is 3. The van der Waals surface area contributed by atoms with Crippen molar-refractivity contribution in [3.63, 3.8) is 0 Å². The summed E-state index contributed by atoms with van der Waals surface area (Å²) < 4.78 is 17.4. The topological polar surface area (TPSA) is 34.2 Å². The van der Waals surface area contributed by atoms with Gasteiger partial charge in [-0.05, 0) is 46.7 Å². The molecule has 0 aromatic rings. The number of rotatable bonds is 18. The first kappa shape index (κ1) is 26.8. The Morgan fingerprint density at radius 2 is 1.24 bits per heavy atom. The summed E-state index contributed by atoms with van der Waals surface area (Å²) in [6.45, 7) is 18.6. The average Bonchev–Trinajstić information content (AvgIpc) is 2.73. The van der Waals surface area contributed by atoms with E-state index in [1.807, 2.05) is 20.8 Å². The molecule has 29 heavy (non-hydrogen) atoms. The minimum Gasteiger partial charge on any atom is -0.328 e. The number of unbranched alkanes of at least 4 members (excludes halogenated alkanes) is 6. The summed E-state index contributed by atoms with van der Waals surface area (Å²) in [6, 6.07) is 0.775. The normalized spacial score (nSPS) is 19.1. The molecule has 0 aromatic heterocycles. The zero-order valence-corrected chi connectivity index (χ0v) is 20.2. The Hall–Kier alpha value is -0.200. The molecule has 0 N–H and O–H groups in total. The second-order valence-electron chi connectivity index (χ2n) is 8.17. The lowest BCUT2D eigenvalue weighted by Gasteiger charge is -2.40. The molecule has 1 unspecified atom stereocenters. The second-order valence-corrected chi connectivity index (χ2v) is 8.17. The van der Waals surface area contributed by atoms with Gasteiger partial charge < -0.3 is 19.1 Å². The van der Waals surface area contributed by atoms with Gasteiger partial charge in [-0.1, -0.05) is 52.4 Å². The van der Waals surface area contributed by atoms with Crippen molar-refractivity contribution in [1.82, 2.24) is 9.80 Å². The predicted molar refractivity (Wildman–Crippen MR) is 122 cm³/mol. The van der Waals surface area contributed by atoms with Crippen molar-refractivity contribution < 1.29 is 14.2 Å². The number of nitrogens with zero attached hydrogens (tertiary/aromatic N) is 2. The van der Waals surface area contributed by atoms with Gasteiger partial charge in [0.15, 0.2) is 0 Å². The van der Waals surface area contributed by atoms with Crippen LogP contribution in [-0.4, -0.2) is 74.4 Å². The third-order valence-electron chi connectivity index (χ3n) is 6.16. The van der Waals surface area contributed by atoms with E-state index in [1.54, 1.807) is 0 Å². The van der Waals surface area contributed by atoms with E-state index in [1.165, 1.54) is 77.7 Å². The maximum absolute atomic E-state index is 5.81. The molecule has 1 aliphatic heterocycles. The molecule has 0 bridgehead atoms. The third-order valence-corrected chi connectivity index (χ3v) is 6.16. The molecule has 0 spiro atoms. The maximum Gasteiger partial charge on any atom is 0.282 e. The summed E-state index contributed by atoms with van der Waals surface area (Å²) in [5.41, 5.74) is 0. The van der Waals surface area contributed by atoms with Gasteiger partial charge in [-0.15, -0.1) is 0 Å². The van der Waals surface area contributed by atoms with E-state index in [0.717, 1.165) is 18.9 Å². The molecule has 1 atom stereocenters. The van der Waals surface area contributed by atoms with Crippen LogP contribution in [0.3, 0.4) is 0 Å². The Morgan fingerprint density at radius 1 is 0.690 bits per heavy atom. The highest BCUT2D eigenvalue weighted by Gasteiger charge is 2.31. The van der Waals surface area contributed by atoms with Crippen LogP contribution in [0.1, 0.15) is 92.4 Å². The molecule has 0 radical (unpaired) electrons. The van der Waals surface area contributed by atoms with Gasteiger partial charge in [-0.25, -0.2) is 0 Å². The van der Waals surface area contributed by atoms with Gasteiger partial charge in [0.05, 0.1) is 0 Å². The summed E-state index contributed by atoms with van der Waals surface area (Å²) in [5, 5.41) is 0. The quantitative estimate of drug-likeness (QED) is 0.225.